The van der Waals surface area contributed by atoms with Gasteiger partial charge in [-0.2, -0.15) is 0 Å². The predicted octanol–water partition coefficient (Wildman–Crippen LogP) is 18.3. The van der Waals surface area contributed by atoms with Gasteiger partial charge in [-0.3, -0.25) is 14.4 Å². The monoisotopic (exact) mass is 897 g/mol. The van der Waals surface area contributed by atoms with Crippen LogP contribution in [0.2, 0.25) is 0 Å². The highest BCUT2D eigenvalue weighted by molar-refractivity contribution is 5.71. The van der Waals surface area contributed by atoms with Gasteiger partial charge in [-0.05, 0) is 77.0 Å². The molecular formula is C58H104O6. The summed E-state index contributed by atoms with van der Waals surface area (Å²) in [5.41, 5.74) is 0. The quantitative estimate of drug-likeness (QED) is 0.0262. The smallest absolute Gasteiger partial charge is 0.306 e. The van der Waals surface area contributed by atoms with Crippen LogP contribution in [0.25, 0.3) is 0 Å². The molecule has 0 heterocycles. The normalized spacial score (nSPS) is 12.4. The van der Waals surface area contributed by atoms with Crippen molar-refractivity contribution in [3.05, 3.63) is 48.6 Å². The zero-order valence-electron chi connectivity index (χ0n) is 42.6. The first-order chi connectivity index (χ1) is 31.5. The molecule has 372 valence electrons. The summed E-state index contributed by atoms with van der Waals surface area (Å²) in [5.74, 6) is -0.888. The SMILES string of the molecule is CCC/C=C\C/C=C\CCCCCCCC(=O)OC(COC(=O)CCCCCCCCCC)COC(=O)CCCCCCCCCCCCCCC/C=C\C/C=C\CCCCCCC. The minimum absolute atomic E-state index is 0.0770. The summed E-state index contributed by atoms with van der Waals surface area (Å²) in [7, 11) is 0. The average molecular weight is 897 g/mol. The first-order valence-electron chi connectivity index (χ1n) is 27.6. The molecule has 1 unspecified atom stereocenters. The zero-order valence-corrected chi connectivity index (χ0v) is 42.6. The molecule has 0 aromatic rings. The minimum atomic E-state index is -0.776. The van der Waals surface area contributed by atoms with Gasteiger partial charge in [0.05, 0.1) is 0 Å². The van der Waals surface area contributed by atoms with E-state index in [4.69, 9.17) is 14.2 Å². The molecule has 0 rings (SSSR count). The van der Waals surface area contributed by atoms with Gasteiger partial charge >= 0.3 is 17.9 Å². The van der Waals surface area contributed by atoms with Crippen molar-refractivity contribution < 1.29 is 28.6 Å². The van der Waals surface area contributed by atoms with Crippen molar-refractivity contribution in [1.82, 2.24) is 0 Å². The first kappa shape index (κ1) is 61.4. The maximum absolute atomic E-state index is 12.8. The van der Waals surface area contributed by atoms with E-state index in [9.17, 15) is 14.4 Å². The maximum Gasteiger partial charge on any atom is 0.306 e. The van der Waals surface area contributed by atoms with Gasteiger partial charge in [0.1, 0.15) is 13.2 Å². The van der Waals surface area contributed by atoms with Crippen LogP contribution in [0.1, 0.15) is 284 Å². The Labute approximate surface area is 397 Å². The Morgan fingerprint density at radius 3 is 0.922 bits per heavy atom. The summed E-state index contributed by atoms with van der Waals surface area (Å²) in [6.45, 7) is 6.54. The van der Waals surface area contributed by atoms with Gasteiger partial charge in [-0.1, -0.05) is 236 Å². The van der Waals surface area contributed by atoms with Crippen LogP contribution in [0.4, 0.5) is 0 Å². The Bertz CT molecular complexity index is 1120. The molecule has 0 bridgehead atoms. The lowest BCUT2D eigenvalue weighted by Crippen LogP contribution is -2.30. The third-order valence-corrected chi connectivity index (χ3v) is 12.0. The molecular weight excluding hydrogens is 793 g/mol. The Morgan fingerprint density at radius 1 is 0.312 bits per heavy atom. The van der Waals surface area contributed by atoms with E-state index in [1.807, 2.05) is 0 Å². The summed E-state index contributed by atoms with van der Waals surface area (Å²) in [6, 6.07) is 0. The van der Waals surface area contributed by atoms with E-state index in [-0.39, 0.29) is 31.1 Å². The number of carbonyl (C=O) groups is 3. The van der Waals surface area contributed by atoms with Gasteiger partial charge in [-0.15, -0.1) is 0 Å². The highest BCUT2D eigenvalue weighted by Gasteiger charge is 2.19. The van der Waals surface area contributed by atoms with Gasteiger partial charge in [0.15, 0.2) is 6.10 Å². The fourth-order valence-electron chi connectivity index (χ4n) is 7.86. The summed E-state index contributed by atoms with van der Waals surface area (Å²) < 4.78 is 16.8. The fraction of sp³-hybridized carbons (Fsp3) is 0.810. The highest BCUT2D eigenvalue weighted by atomic mass is 16.6. The van der Waals surface area contributed by atoms with Gasteiger partial charge in [0.25, 0.3) is 0 Å². The molecule has 6 nitrogen and oxygen atoms in total. The van der Waals surface area contributed by atoms with Crippen LogP contribution >= 0.6 is 0 Å². The number of rotatable bonds is 50. The third kappa shape index (κ3) is 50.4. The lowest BCUT2D eigenvalue weighted by atomic mass is 10.0. The van der Waals surface area contributed by atoms with E-state index in [2.05, 4.69) is 69.4 Å². The fourth-order valence-corrected chi connectivity index (χ4v) is 7.86. The molecule has 0 saturated heterocycles. The second-order valence-corrected chi connectivity index (χ2v) is 18.5. The third-order valence-electron chi connectivity index (χ3n) is 12.0. The topological polar surface area (TPSA) is 78.9 Å². The van der Waals surface area contributed by atoms with E-state index in [1.165, 1.54) is 148 Å². The number of hydrogen-bond donors (Lipinski definition) is 0. The van der Waals surface area contributed by atoms with E-state index >= 15 is 0 Å². The molecule has 0 spiro atoms. The van der Waals surface area contributed by atoms with Crippen molar-refractivity contribution in [3.63, 3.8) is 0 Å². The van der Waals surface area contributed by atoms with Crippen LogP contribution in [0, 0.1) is 0 Å². The summed E-state index contributed by atoms with van der Waals surface area (Å²) in [4.78, 5) is 37.9. The van der Waals surface area contributed by atoms with Crippen molar-refractivity contribution in [2.45, 2.75) is 290 Å². The van der Waals surface area contributed by atoms with Crippen LogP contribution in [-0.2, 0) is 28.6 Å². The molecule has 0 amide bonds. The maximum atomic E-state index is 12.8. The molecule has 0 saturated carbocycles. The predicted molar refractivity (Wildman–Crippen MR) is 275 cm³/mol. The number of esters is 3. The standard InChI is InChI=1S/C58H104O6/c1-4-7-10-13-16-19-21-23-24-25-26-27-28-29-30-31-32-33-34-36-37-39-42-45-48-51-57(60)63-54-55(53-62-56(59)50-47-44-41-18-15-12-9-6-3)64-58(61)52-49-46-43-40-38-35-22-20-17-14-11-8-5-2/h11,14,20-23,25-26,55H,4-10,12-13,15-19,24,27-54H2,1-3H3/b14-11-,22-20-,23-21-,26-25-. The molecule has 0 aliphatic rings. The molecule has 0 aromatic carbocycles. The summed E-state index contributed by atoms with van der Waals surface area (Å²) in [5, 5.41) is 0. The lowest BCUT2D eigenvalue weighted by Gasteiger charge is -2.18. The summed E-state index contributed by atoms with van der Waals surface area (Å²) in [6.07, 6.45) is 64.1. The number of allylic oxidation sites excluding steroid dienone is 8. The zero-order chi connectivity index (χ0) is 46.5. The average Bonchev–Trinajstić information content (AvgIpc) is 3.29. The van der Waals surface area contributed by atoms with E-state index in [0.717, 1.165) is 96.3 Å². The Balaban J connectivity index is 4.15. The molecule has 64 heavy (non-hydrogen) atoms. The Morgan fingerprint density at radius 2 is 0.594 bits per heavy atom. The van der Waals surface area contributed by atoms with E-state index < -0.39 is 6.10 Å². The van der Waals surface area contributed by atoms with Gasteiger partial charge in [-0.25, -0.2) is 0 Å². The molecule has 6 heteroatoms. The van der Waals surface area contributed by atoms with Crippen molar-refractivity contribution in [3.8, 4) is 0 Å². The van der Waals surface area contributed by atoms with Gasteiger partial charge in [0, 0.05) is 19.3 Å². The van der Waals surface area contributed by atoms with Crippen LogP contribution in [0.5, 0.6) is 0 Å². The van der Waals surface area contributed by atoms with Crippen LogP contribution in [-0.4, -0.2) is 37.2 Å². The molecule has 0 radical (unpaired) electrons. The van der Waals surface area contributed by atoms with Crippen LogP contribution in [0.3, 0.4) is 0 Å². The lowest BCUT2D eigenvalue weighted by molar-refractivity contribution is -0.167. The van der Waals surface area contributed by atoms with Crippen molar-refractivity contribution in [2.24, 2.45) is 0 Å². The highest BCUT2D eigenvalue weighted by Crippen LogP contribution is 2.16. The molecule has 0 aromatic heterocycles. The van der Waals surface area contributed by atoms with Gasteiger partial charge < -0.3 is 14.2 Å². The number of unbranched alkanes of at least 4 members (excludes halogenated alkanes) is 31. The number of ether oxygens (including phenoxy) is 3. The number of hydrogen-bond acceptors (Lipinski definition) is 6. The van der Waals surface area contributed by atoms with E-state index in [0.29, 0.717) is 19.3 Å². The second-order valence-electron chi connectivity index (χ2n) is 18.5. The Hall–Kier alpha value is -2.63. The van der Waals surface area contributed by atoms with Crippen molar-refractivity contribution in [2.75, 3.05) is 13.2 Å². The number of carbonyl (C=O) groups excluding carboxylic acids is 3. The molecule has 0 fully saturated rings. The van der Waals surface area contributed by atoms with Gasteiger partial charge in [0.2, 0.25) is 0 Å². The van der Waals surface area contributed by atoms with Crippen LogP contribution < -0.4 is 0 Å². The minimum Gasteiger partial charge on any atom is -0.462 e. The first-order valence-corrected chi connectivity index (χ1v) is 27.6. The molecule has 1 atom stereocenters. The van der Waals surface area contributed by atoms with E-state index in [1.54, 1.807) is 0 Å². The molecule has 0 aliphatic carbocycles. The van der Waals surface area contributed by atoms with Crippen molar-refractivity contribution in [1.29, 1.82) is 0 Å². The Kier molecular flexibility index (Phi) is 50.8. The second kappa shape index (κ2) is 53.0. The van der Waals surface area contributed by atoms with Crippen LogP contribution in [0.15, 0.2) is 48.6 Å². The molecule has 0 N–H and O–H groups in total. The van der Waals surface area contributed by atoms with Crippen molar-refractivity contribution >= 4 is 17.9 Å². The molecule has 0 aliphatic heterocycles. The summed E-state index contributed by atoms with van der Waals surface area (Å²) >= 11 is 0. The largest absolute Gasteiger partial charge is 0.462 e.